The lowest BCUT2D eigenvalue weighted by Gasteiger charge is -2.10. The molecule has 0 aliphatic heterocycles. The number of carbonyl (C=O) groups is 2. The van der Waals surface area contributed by atoms with Crippen molar-refractivity contribution in [1.29, 1.82) is 0 Å². The van der Waals surface area contributed by atoms with Crippen molar-refractivity contribution in [2.24, 2.45) is 0 Å². The molecule has 0 N–H and O–H groups in total. The van der Waals surface area contributed by atoms with Crippen LogP contribution in [-0.4, -0.2) is 28.2 Å². The van der Waals surface area contributed by atoms with Gasteiger partial charge in [-0.05, 0) is 36.2 Å². The fraction of sp³-hybridized carbons (Fsp3) is 0.120. The Morgan fingerprint density at radius 1 is 1.09 bits per heavy atom. The summed E-state index contributed by atoms with van der Waals surface area (Å²) in [5, 5.41) is 11.8. The van der Waals surface area contributed by atoms with E-state index in [2.05, 4.69) is 0 Å². The molecule has 33 heavy (non-hydrogen) atoms. The van der Waals surface area contributed by atoms with Gasteiger partial charge in [-0.25, -0.2) is 4.79 Å². The molecule has 0 spiro atoms. The van der Waals surface area contributed by atoms with Gasteiger partial charge in [-0.2, -0.15) is 0 Å². The van der Waals surface area contributed by atoms with E-state index in [1.54, 1.807) is 41.8 Å². The van der Waals surface area contributed by atoms with Crippen LogP contribution in [0.3, 0.4) is 0 Å². The summed E-state index contributed by atoms with van der Waals surface area (Å²) < 4.78 is 12.5. The molecule has 2 aromatic heterocycles. The van der Waals surface area contributed by atoms with Crippen molar-refractivity contribution in [1.82, 2.24) is 4.40 Å². The van der Waals surface area contributed by atoms with E-state index in [0.717, 1.165) is 5.56 Å². The van der Waals surface area contributed by atoms with Gasteiger partial charge in [0.05, 0.1) is 28.3 Å². The fourth-order valence-corrected chi connectivity index (χ4v) is 3.72. The van der Waals surface area contributed by atoms with Gasteiger partial charge in [-0.15, -0.1) is 0 Å². The molecule has 0 saturated carbocycles. The monoisotopic (exact) mass is 444 g/mol. The molecule has 0 aliphatic carbocycles. The molecule has 0 saturated heterocycles. The number of fused-ring (bicyclic) bond motifs is 1. The number of rotatable bonds is 8. The average molecular weight is 444 g/mol. The number of nitrogens with zero attached hydrogens (tertiary/aromatic N) is 2. The van der Waals surface area contributed by atoms with E-state index in [1.807, 2.05) is 30.3 Å². The SMILES string of the molecule is CCOC(=O)c1c(-c2ccc(OCc3ccccc3)c([N+](=O)[O-])c2)c(C=O)n2ccccc12. The van der Waals surface area contributed by atoms with Gasteiger partial charge in [0, 0.05) is 17.8 Å². The molecule has 0 amide bonds. The number of nitro groups is 1. The number of nitro benzene ring substituents is 1. The number of benzene rings is 2. The third-order valence-corrected chi connectivity index (χ3v) is 5.15. The van der Waals surface area contributed by atoms with E-state index in [1.165, 1.54) is 12.1 Å². The third-order valence-electron chi connectivity index (χ3n) is 5.15. The highest BCUT2D eigenvalue weighted by Crippen LogP contribution is 2.38. The van der Waals surface area contributed by atoms with Crippen LogP contribution in [0.1, 0.15) is 33.3 Å². The topological polar surface area (TPSA) is 100 Å². The summed E-state index contributed by atoms with van der Waals surface area (Å²) in [6.07, 6.45) is 2.27. The zero-order valence-electron chi connectivity index (χ0n) is 17.8. The molecule has 0 fully saturated rings. The van der Waals surface area contributed by atoms with Gasteiger partial charge in [0.25, 0.3) is 0 Å². The maximum absolute atomic E-state index is 12.8. The molecular formula is C25H20N2O6. The van der Waals surface area contributed by atoms with Crippen LogP contribution in [-0.2, 0) is 11.3 Å². The second-order valence-electron chi connectivity index (χ2n) is 7.14. The van der Waals surface area contributed by atoms with Crippen LogP contribution in [0.25, 0.3) is 16.6 Å². The smallest absolute Gasteiger partial charge is 0.340 e. The Labute approximate surface area is 189 Å². The van der Waals surface area contributed by atoms with E-state index >= 15 is 0 Å². The summed E-state index contributed by atoms with van der Waals surface area (Å²) in [6.45, 7) is 1.98. The summed E-state index contributed by atoms with van der Waals surface area (Å²) in [7, 11) is 0. The maximum atomic E-state index is 12.8. The number of hydrogen-bond acceptors (Lipinski definition) is 6. The van der Waals surface area contributed by atoms with E-state index < -0.39 is 10.9 Å². The molecule has 4 rings (SSSR count). The molecule has 0 bridgehead atoms. The molecule has 8 heteroatoms. The summed E-state index contributed by atoms with van der Waals surface area (Å²) in [6, 6.07) is 18.8. The predicted octanol–water partition coefficient (Wildman–Crippen LogP) is 5.08. The summed E-state index contributed by atoms with van der Waals surface area (Å²) >= 11 is 0. The van der Waals surface area contributed by atoms with Crippen molar-refractivity contribution in [2.75, 3.05) is 6.61 Å². The highest BCUT2D eigenvalue weighted by atomic mass is 16.6. The van der Waals surface area contributed by atoms with Crippen LogP contribution in [0.15, 0.2) is 72.9 Å². The summed E-state index contributed by atoms with van der Waals surface area (Å²) in [5.41, 5.74) is 2.04. The number of pyridine rings is 1. The van der Waals surface area contributed by atoms with Crippen LogP contribution in [0.4, 0.5) is 5.69 Å². The number of aldehydes is 1. The number of hydrogen-bond donors (Lipinski definition) is 0. The number of carbonyl (C=O) groups excluding carboxylic acids is 2. The second kappa shape index (κ2) is 9.35. The number of esters is 1. The van der Waals surface area contributed by atoms with Crippen molar-refractivity contribution < 1.29 is 24.0 Å². The molecule has 0 radical (unpaired) electrons. The van der Waals surface area contributed by atoms with Crippen molar-refractivity contribution in [3.8, 4) is 16.9 Å². The summed E-state index contributed by atoms with van der Waals surface area (Å²) in [5.74, 6) is -0.530. The molecule has 8 nitrogen and oxygen atoms in total. The average Bonchev–Trinajstić information content (AvgIpc) is 3.18. The van der Waals surface area contributed by atoms with Crippen LogP contribution >= 0.6 is 0 Å². The molecule has 166 valence electrons. The van der Waals surface area contributed by atoms with E-state index in [9.17, 15) is 19.7 Å². The highest BCUT2D eigenvalue weighted by molar-refractivity contribution is 6.09. The van der Waals surface area contributed by atoms with Crippen molar-refractivity contribution in [3.63, 3.8) is 0 Å². The molecule has 0 aliphatic rings. The Morgan fingerprint density at radius 3 is 2.55 bits per heavy atom. The van der Waals surface area contributed by atoms with Crippen LogP contribution in [0.2, 0.25) is 0 Å². The first kappa shape index (κ1) is 21.8. The molecule has 4 aromatic rings. The first-order valence-electron chi connectivity index (χ1n) is 10.3. The second-order valence-corrected chi connectivity index (χ2v) is 7.14. The largest absolute Gasteiger partial charge is 0.482 e. The minimum atomic E-state index is -0.614. The zero-order valence-corrected chi connectivity index (χ0v) is 17.8. The van der Waals surface area contributed by atoms with Gasteiger partial charge in [0.15, 0.2) is 12.0 Å². The first-order chi connectivity index (χ1) is 16.0. The molecule has 0 unspecified atom stereocenters. The maximum Gasteiger partial charge on any atom is 0.340 e. The molecular weight excluding hydrogens is 424 g/mol. The number of ether oxygens (including phenoxy) is 2. The number of aromatic nitrogens is 1. The van der Waals surface area contributed by atoms with Gasteiger partial charge >= 0.3 is 11.7 Å². The summed E-state index contributed by atoms with van der Waals surface area (Å²) in [4.78, 5) is 36.1. The Morgan fingerprint density at radius 2 is 1.85 bits per heavy atom. The minimum absolute atomic E-state index is 0.0849. The quantitative estimate of drug-likeness (QED) is 0.163. The van der Waals surface area contributed by atoms with Gasteiger partial charge in [0.1, 0.15) is 6.61 Å². The van der Waals surface area contributed by atoms with Gasteiger partial charge in [-0.3, -0.25) is 14.9 Å². The van der Waals surface area contributed by atoms with E-state index in [4.69, 9.17) is 9.47 Å². The lowest BCUT2D eigenvalue weighted by Crippen LogP contribution is -2.06. The first-order valence-corrected chi connectivity index (χ1v) is 10.3. The lowest BCUT2D eigenvalue weighted by molar-refractivity contribution is -0.385. The Balaban J connectivity index is 1.85. The third kappa shape index (κ3) is 4.18. The minimum Gasteiger partial charge on any atom is -0.482 e. The Hall–Kier alpha value is -4.46. The van der Waals surface area contributed by atoms with Crippen molar-refractivity contribution >= 4 is 23.5 Å². The van der Waals surface area contributed by atoms with E-state index in [-0.39, 0.29) is 41.5 Å². The van der Waals surface area contributed by atoms with Gasteiger partial charge in [-0.1, -0.05) is 42.5 Å². The lowest BCUT2D eigenvalue weighted by atomic mass is 10.00. The van der Waals surface area contributed by atoms with Crippen LogP contribution in [0.5, 0.6) is 5.75 Å². The zero-order chi connectivity index (χ0) is 23.4. The Kier molecular flexibility index (Phi) is 6.17. The molecule has 2 aromatic carbocycles. The normalized spacial score (nSPS) is 10.7. The highest BCUT2D eigenvalue weighted by Gasteiger charge is 2.27. The van der Waals surface area contributed by atoms with Crippen LogP contribution in [0, 0.1) is 10.1 Å². The standard InChI is InChI=1S/C25H20N2O6/c1-2-32-25(29)24-19-10-6-7-13-26(19)21(15-28)23(24)18-11-12-22(20(14-18)27(30)31)33-16-17-8-4-3-5-9-17/h3-15H,2,16H2,1H3. The van der Waals surface area contributed by atoms with Crippen LogP contribution < -0.4 is 4.74 Å². The van der Waals surface area contributed by atoms with Gasteiger partial charge < -0.3 is 13.9 Å². The van der Waals surface area contributed by atoms with Crippen molar-refractivity contribution in [3.05, 3.63) is 99.9 Å². The fourth-order valence-electron chi connectivity index (χ4n) is 3.72. The van der Waals surface area contributed by atoms with Crippen molar-refractivity contribution in [2.45, 2.75) is 13.5 Å². The molecule has 0 atom stereocenters. The molecule has 2 heterocycles. The van der Waals surface area contributed by atoms with E-state index in [0.29, 0.717) is 17.4 Å². The predicted molar refractivity (Wildman–Crippen MR) is 122 cm³/mol. The van der Waals surface area contributed by atoms with Gasteiger partial charge in [0.2, 0.25) is 0 Å². The Bertz CT molecular complexity index is 1340.